The van der Waals surface area contributed by atoms with E-state index in [0.717, 1.165) is 37.6 Å². The monoisotopic (exact) mass is 375 g/mol. The van der Waals surface area contributed by atoms with Crippen molar-refractivity contribution in [3.63, 3.8) is 0 Å². The Kier molecular flexibility index (Phi) is 5.16. The summed E-state index contributed by atoms with van der Waals surface area (Å²) < 4.78 is 5.40. The third-order valence-corrected chi connectivity index (χ3v) is 4.60. The molecule has 4 rings (SSSR count). The molecule has 2 heterocycles. The summed E-state index contributed by atoms with van der Waals surface area (Å²) in [5.41, 5.74) is 9.41. The molecular formula is C21H21N5O2. The molecule has 7 nitrogen and oxygen atoms in total. The minimum Gasteiger partial charge on any atom is -0.378 e. The van der Waals surface area contributed by atoms with Gasteiger partial charge >= 0.3 is 0 Å². The smallest absolute Gasteiger partial charge is 0.248 e. The number of nitrogens with two attached hydrogens (primary N) is 1. The number of hydrogen-bond acceptors (Lipinski definition) is 6. The maximum Gasteiger partial charge on any atom is 0.248 e. The third-order valence-electron chi connectivity index (χ3n) is 4.60. The first kappa shape index (κ1) is 17.9. The van der Waals surface area contributed by atoms with E-state index in [9.17, 15) is 4.79 Å². The Labute approximate surface area is 163 Å². The van der Waals surface area contributed by atoms with Crippen molar-refractivity contribution < 1.29 is 9.53 Å². The highest BCUT2D eigenvalue weighted by atomic mass is 16.5. The molecule has 0 aliphatic carbocycles. The average molecular weight is 375 g/mol. The lowest BCUT2D eigenvalue weighted by molar-refractivity contribution is 0.100. The number of ether oxygens (including phenoxy) is 1. The number of benzene rings is 2. The molecule has 28 heavy (non-hydrogen) atoms. The van der Waals surface area contributed by atoms with Crippen molar-refractivity contribution >= 4 is 23.2 Å². The second-order valence-electron chi connectivity index (χ2n) is 6.48. The number of hydrogen-bond donors (Lipinski definition) is 2. The van der Waals surface area contributed by atoms with Crippen molar-refractivity contribution in [2.45, 2.75) is 0 Å². The predicted molar refractivity (Wildman–Crippen MR) is 109 cm³/mol. The van der Waals surface area contributed by atoms with Crippen molar-refractivity contribution in [3.05, 3.63) is 66.4 Å². The van der Waals surface area contributed by atoms with Gasteiger partial charge in [0, 0.05) is 41.8 Å². The van der Waals surface area contributed by atoms with E-state index in [1.807, 2.05) is 18.2 Å². The Bertz CT molecular complexity index is 969. The van der Waals surface area contributed by atoms with Crippen molar-refractivity contribution in [1.29, 1.82) is 0 Å². The van der Waals surface area contributed by atoms with Gasteiger partial charge in [-0.2, -0.15) is 0 Å². The molecule has 0 atom stereocenters. The fourth-order valence-electron chi connectivity index (χ4n) is 3.12. The van der Waals surface area contributed by atoms with E-state index in [1.165, 1.54) is 5.69 Å². The van der Waals surface area contributed by atoms with E-state index in [4.69, 9.17) is 10.5 Å². The van der Waals surface area contributed by atoms with Crippen LogP contribution in [0.4, 0.5) is 17.3 Å². The number of rotatable bonds is 5. The highest BCUT2D eigenvalue weighted by Crippen LogP contribution is 2.23. The van der Waals surface area contributed by atoms with E-state index in [1.54, 1.807) is 30.5 Å². The molecule has 2 aromatic carbocycles. The first-order valence-electron chi connectivity index (χ1n) is 9.12. The fraction of sp³-hybridized carbons (Fsp3) is 0.190. The number of carbonyl (C=O) groups is 1. The van der Waals surface area contributed by atoms with Crippen molar-refractivity contribution in [2.24, 2.45) is 5.73 Å². The summed E-state index contributed by atoms with van der Waals surface area (Å²) in [6, 6.07) is 17.1. The normalized spacial score (nSPS) is 13.9. The molecule has 7 heteroatoms. The standard InChI is InChI=1S/C21H21N5O2/c22-20(27)16-3-1-2-15(14-16)19-8-9-23-21(25-19)24-17-4-6-18(7-5-17)26-10-12-28-13-11-26/h1-9,14H,10-13H2,(H2,22,27)(H,23,24,25). The summed E-state index contributed by atoms with van der Waals surface area (Å²) in [5.74, 6) is 0.0238. The number of carbonyl (C=O) groups excluding carboxylic acids is 1. The van der Waals surface area contributed by atoms with Crippen molar-refractivity contribution in [1.82, 2.24) is 9.97 Å². The maximum atomic E-state index is 11.4. The lowest BCUT2D eigenvalue weighted by atomic mass is 10.1. The van der Waals surface area contributed by atoms with Crippen molar-refractivity contribution in [3.8, 4) is 11.3 Å². The zero-order chi connectivity index (χ0) is 19.3. The molecule has 0 unspecified atom stereocenters. The summed E-state index contributed by atoms with van der Waals surface area (Å²) >= 11 is 0. The molecular weight excluding hydrogens is 354 g/mol. The molecule has 3 aromatic rings. The first-order chi connectivity index (χ1) is 13.7. The predicted octanol–water partition coefficient (Wildman–Crippen LogP) is 2.82. The maximum absolute atomic E-state index is 11.4. The molecule has 1 aliphatic rings. The van der Waals surface area contributed by atoms with Crippen LogP contribution in [0.5, 0.6) is 0 Å². The molecule has 1 amide bonds. The number of amides is 1. The Morgan fingerprint density at radius 2 is 1.86 bits per heavy atom. The van der Waals surface area contributed by atoms with Crippen molar-refractivity contribution in [2.75, 3.05) is 36.5 Å². The fourth-order valence-corrected chi connectivity index (χ4v) is 3.12. The van der Waals surface area contributed by atoms with Gasteiger partial charge in [-0.25, -0.2) is 9.97 Å². The van der Waals surface area contributed by atoms with Gasteiger partial charge in [-0.1, -0.05) is 12.1 Å². The van der Waals surface area contributed by atoms with Crippen LogP contribution in [0, 0.1) is 0 Å². The zero-order valence-corrected chi connectivity index (χ0v) is 15.3. The minimum atomic E-state index is -0.463. The lowest BCUT2D eigenvalue weighted by Gasteiger charge is -2.28. The Hall–Kier alpha value is -3.45. The largest absolute Gasteiger partial charge is 0.378 e. The summed E-state index contributed by atoms with van der Waals surface area (Å²) in [6.45, 7) is 3.33. The second kappa shape index (κ2) is 8.06. The summed E-state index contributed by atoms with van der Waals surface area (Å²) in [7, 11) is 0. The first-order valence-corrected chi connectivity index (χ1v) is 9.12. The number of anilines is 3. The van der Waals surface area contributed by atoms with Crippen LogP contribution in [0.3, 0.4) is 0 Å². The average Bonchev–Trinajstić information content (AvgIpc) is 2.75. The van der Waals surface area contributed by atoms with Gasteiger partial charge in [0.1, 0.15) is 0 Å². The molecule has 3 N–H and O–H groups in total. The van der Waals surface area contributed by atoms with Gasteiger partial charge in [0.05, 0.1) is 18.9 Å². The second-order valence-corrected chi connectivity index (χ2v) is 6.48. The summed E-state index contributed by atoms with van der Waals surface area (Å²) in [6.07, 6.45) is 1.68. The Morgan fingerprint density at radius 1 is 1.07 bits per heavy atom. The van der Waals surface area contributed by atoms with Crippen LogP contribution in [0.15, 0.2) is 60.8 Å². The van der Waals surface area contributed by atoms with Crippen LogP contribution >= 0.6 is 0 Å². The highest BCUT2D eigenvalue weighted by molar-refractivity contribution is 5.94. The van der Waals surface area contributed by atoms with Crippen LogP contribution < -0.4 is 16.0 Å². The van der Waals surface area contributed by atoms with Gasteiger partial charge < -0.3 is 20.7 Å². The quantitative estimate of drug-likeness (QED) is 0.712. The zero-order valence-electron chi connectivity index (χ0n) is 15.3. The van der Waals surface area contributed by atoms with Gasteiger partial charge in [0.25, 0.3) is 0 Å². The van der Waals surface area contributed by atoms with Crippen LogP contribution in [0.25, 0.3) is 11.3 Å². The lowest BCUT2D eigenvalue weighted by Crippen LogP contribution is -2.36. The van der Waals surface area contributed by atoms with Gasteiger partial charge in [0.15, 0.2) is 0 Å². The van der Waals surface area contributed by atoms with Crippen LogP contribution in [-0.4, -0.2) is 42.2 Å². The number of morpholine rings is 1. The molecule has 1 aromatic heterocycles. The third kappa shape index (κ3) is 4.10. The number of aromatic nitrogens is 2. The van der Waals surface area contributed by atoms with E-state index in [0.29, 0.717) is 17.2 Å². The summed E-state index contributed by atoms with van der Waals surface area (Å²) in [4.78, 5) is 22.5. The molecule has 1 saturated heterocycles. The van der Waals surface area contributed by atoms with Gasteiger partial charge in [-0.3, -0.25) is 4.79 Å². The Balaban J connectivity index is 1.50. The molecule has 0 bridgehead atoms. The molecule has 1 aliphatic heterocycles. The van der Waals surface area contributed by atoms with Crippen LogP contribution in [0.1, 0.15) is 10.4 Å². The van der Waals surface area contributed by atoms with Gasteiger partial charge in [-0.15, -0.1) is 0 Å². The number of nitrogens with one attached hydrogen (secondary N) is 1. The van der Waals surface area contributed by atoms with E-state index >= 15 is 0 Å². The van der Waals surface area contributed by atoms with Crippen LogP contribution in [-0.2, 0) is 4.74 Å². The molecule has 142 valence electrons. The molecule has 0 spiro atoms. The van der Waals surface area contributed by atoms with Crippen LogP contribution in [0.2, 0.25) is 0 Å². The van der Waals surface area contributed by atoms with E-state index in [2.05, 4.69) is 32.3 Å². The SMILES string of the molecule is NC(=O)c1cccc(-c2ccnc(Nc3ccc(N4CCOCC4)cc3)n2)c1. The number of nitrogens with zero attached hydrogens (tertiary/aromatic N) is 3. The topological polar surface area (TPSA) is 93.4 Å². The van der Waals surface area contributed by atoms with Gasteiger partial charge in [-0.05, 0) is 42.5 Å². The highest BCUT2D eigenvalue weighted by Gasteiger charge is 2.11. The molecule has 0 saturated carbocycles. The van der Waals surface area contributed by atoms with Gasteiger partial charge in [0.2, 0.25) is 11.9 Å². The Morgan fingerprint density at radius 3 is 2.61 bits per heavy atom. The van der Waals surface area contributed by atoms with E-state index < -0.39 is 5.91 Å². The summed E-state index contributed by atoms with van der Waals surface area (Å²) in [5, 5.41) is 3.22. The molecule has 1 fully saturated rings. The number of primary amides is 1. The molecule has 0 radical (unpaired) electrons. The minimum absolute atomic E-state index is 0.448. The van der Waals surface area contributed by atoms with E-state index in [-0.39, 0.29) is 0 Å².